The van der Waals surface area contributed by atoms with Crippen LogP contribution in [0.25, 0.3) is 0 Å². The molecule has 0 fully saturated rings. The summed E-state index contributed by atoms with van der Waals surface area (Å²) in [6, 6.07) is 6.83. The number of rotatable bonds is 8. The minimum Gasteiger partial charge on any atom is -0.506 e. The molecule has 0 unspecified atom stereocenters. The van der Waals surface area contributed by atoms with Crippen molar-refractivity contribution < 1.29 is 47.1 Å². The molecular weight excluding hydrogens is 615 g/mol. The largest absolute Gasteiger partial charge is 0.506 e. The maximum atomic E-state index is 10.7. The first-order valence-electron chi connectivity index (χ1n) is 12.2. The van der Waals surface area contributed by atoms with Gasteiger partial charge in [0.1, 0.15) is 22.9 Å². The Balaban J connectivity index is 0.000000293. The van der Waals surface area contributed by atoms with E-state index in [2.05, 4.69) is 30.7 Å². The summed E-state index contributed by atoms with van der Waals surface area (Å²) in [5, 5.41) is 83.6. The topological polar surface area (TPSA) is 252 Å². The molecule has 4 N–H and O–H groups in total. The number of aromatic nitrogens is 4. The Bertz CT molecular complexity index is 1580. The minimum absolute atomic E-state index is 0. The molecule has 1 radical (unpaired) electrons. The van der Waals surface area contributed by atoms with Gasteiger partial charge in [-0.3, -0.25) is 20.2 Å². The molecule has 0 aliphatic rings. The van der Waals surface area contributed by atoms with Gasteiger partial charge in [0.05, 0.1) is 21.2 Å². The first-order valence-corrected chi connectivity index (χ1v) is 12.2. The fraction of sp³-hybridized carbons (Fsp3) is 0.250. The predicted molar refractivity (Wildman–Crippen MR) is 146 cm³/mol. The van der Waals surface area contributed by atoms with Crippen LogP contribution in [0.4, 0.5) is 34.1 Å². The van der Waals surface area contributed by atoms with Crippen LogP contribution in [0, 0.1) is 34.1 Å². The van der Waals surface area contributed by atoms with Crippen molar-refractivity contribution in [2.45, 2.75) is 40.8 Å². The number of hydrogen-bond donors (Lipinski definition) is 4. The molecule has 0 amide bonds. The van der Waals surface area contributed by atoms with Crippen LogP contribution in [0.3, 0.4) is 0 Å². The number of nitro groups is 2. The molecule has 0 spiro atoms. The average Bonchev–Trinajstić information content (AvgIpc) is 3.39. The minimum atomic E-state index is -0.601. The molecule has 2 aromatic carbocycles. The van der Waals surface area contributed by atoms with Crippen molar-refractivity contribution in [3.8, 4) is 23.3 Å². The summed E-state index contributed by atoms with van der Waals surface area (Å²) >= 11 is 0. The van der Waals surface area contributed by atoms with Gasteiger partial charge in [-0.25, -0.2) is 9.36 Å². The van der Waals surface area contributed by atoms with Gasteiger partial charge in [0.15, 0.2) is 11.4 Å². The number of aryl methyl sites for hydroxylation is 4. The molecule has 18 nitrogen and oxygen atoms in total. The first-order chi connectivity index (χ1) is 19.9. The second-order valence-electron chi connectivity index (χ2n) is 8.41. The van der Waals surface area contributed by atoms with Crippen LogP contribution in [0.15, 0.2) is 56.9 Å². The summed E-state index contributed by atoms with van der Waals surface area (Å²) in [7, 11) is 0. The van der Waals surface area contributed by atoms with Crippen LogP contribution in [-0.4, -0.2) is 49.8 Å². The summed E-state index contributed by atoms with van der Waals surface area (Å²) in [6.07, 6.45) is 0. The molecule has 19 heteroatoms. The summed E-state index contributed by atoms with van der Waals surface area (Å²) in [6.45, 7) is 7.83. The predicted octanol–water partition coefficient (Wildman–Crippen LogP) is 5.89. The number of nitrogens with zero attached hydrogens (tertiary/aromatic N) is 10. The summed E-state index contributed by atoms with van der Waals surface area (Å²) in [5.74, 6) is -0.791. The standard InChI is InChI=1S/2C12H13N5O4.Co/c2*1-3-16-12(19)11(7(2)15-16)14-13-9-6-8(17(20)21)4-5-10(9)18;/h2*4-6,18-19H,3H2,1-2H3;. The van der Waals surface area contributed by atoms with Gasteiger partial charge in [-0.15, -0.1) is 20.5 Å². The third-order valence-electron chi connectivity index (χ3n) is 5.59. The Hall–Kier alpha value is -5.43. The van der Waals surface area contributed by atoms with Gasteiger partial charge in [0.2, 0.25) is 11.8 Å². The molecule has 0 saturated carbocycles. The Morgan fingerprint density at radius 2 is 1.05 bits per heavy atom. The molecule has 0 aliphatic heterocycles. The van der Waals surface area contributed by atoms with E-state index in [1.165, 1.54) is 9.36 Å². The maximum absolute atomic E-state index is 10.7. The van der Waals surface area contributed by atoms with Gasteiger partial charge >= 0.3 is 0 Å². The zero-order chi connectivity index (χ0) is 31.1. The molecule has 4 rings (SSSR count). The van der Waals surface area contributed by atoms with Crippen molar-refractivity contribution in [2.75, 3.05) is 0 Å². The van der Waals surface area contributed by atoms with Crippen LogP contribution in [0.5, 0.6) is 23.3 Å². The van der Waals surface area contributed by atoms with Crippen molar-refractivity contribution in [3.63, 3.8) is 0 Å². The van der Waals surface area contributed by atoms with Crippen molar-refractivity contribution >= 4 is 34.1 Å². The molecule has 0 aliphatic carbocycles. The molecule has 2 aromatic heterocycles. The molecule has 4 aromatic rings. The second-order valence-corrected chi connectivity index (χ2v) is 8.41. The van der Waals surface area contributed by atoms with E-state index in [0.717, 1.165) is 36.4 Å². The Kier molecular flexibility index (Phi) is 11.4. The summed E-state index contributed by atoms with van der Waals surface area (Å²) in [5.41, 5.74) is 0.676. The molecule has 43 heavy (non-hydrogen) atoms. The Morgan fingerprint density at radius 3 is 1.33 bits per heavy atom. The smallest absolute Gasteiger partial charge is 0.271 e. The van der Waals surface area contributed by atoms with Crippen molar-refractivity contribution in [1.82, 2.24) is 19.6 Å². The van der Waals surface area contributed by atoms with Crippen molar-refractivity contribution in [1.29, 1.82) is 0 Å². The number of benzene rings is 2. The quantitative estimate of drug-likeness (QED) is 0.101. The maximum Gasteiger partial charge on any atom is 0.271 e. The number of phenols is 2. The zero-order valence-electron chi connectivity index (χ0n) is 23.1. The van der Waals surface area contributed by atoms with Gasteiger partial charge in [0, 0.05) is 54.1 Å². The summed E-state index contributed by atoms with van der Waals surface area (Å²) in [4.78, 5) is 20.2. The molecule has 0 saturated heterocycles. The molecule has 0 bridgehead atoms. The first kappa shape index (κ1) is 33.8. The van der Waals surface area contributed by atoms with Crippen molar-refractivity contribution in [3.05, 3.63) is 68.0 Å². The van der Waals surface area contributed by atoms with Crippen LogP contribution in [0.2, 0.25) is 0 Å². The number of nitro benzene ring substituents is 2. The van der Waals surface area contributed by atoms with Crippen LogP contribution in [0.1, 0.15) is 25.2 Å². The second kappa shape index (κ2) is 14.5. The fourth-order valence-corrected chi connectivity index (χ4v) is 3.41. The van der Waals surface area contributed by atoms with E-state index < -0.39 is 9.85 Å². The fourth-order valence-electron chi connectivity index (χ4n) is 3.41. The number of hydrogen-bond acceptors (Lipinski definition) is 14. The van der Waals surface area contributed by atoms with E-state index >= 15 is 0 Å². The molecular formula is C24H26CoN10O8. The Labute approximate surface area is 253 Å². The van der Waals surface area contributed by atoms with E-state index in [9.17, 15) is 40.7 Å². The van der Waals surface area contributed by atoms with E-state index in [-0.39, 0.29) is 74.2 Å². The molecule has 229 valence electrons. The molecule has 0 atom stereocenters. The normalized spacial score (nSPS) is 10.9. The van der Waals surface area contributed by atoms with Crippen molar-refractivity contribution in [2.24, 2.45) is 20.5 Å². The molecule has 2 heterocycles. The van der Waals surface area contributed by atoms with Crippen LogP contribution in [-0.2, 0) is 29.9 Å². The number of aromatic hydroxyl groups is 4. The SMILES string of the molecule is CCn1nc(C)c(N=Nc2cc([N+](=O)[O-])ccc2O)c1O.CCn1nc(C)c(N=Nc2cc([N+](=O)[O-])ccc2O)c1O.[Co]. The van der Waals surface area contributed by atoms with Gasteiger partial charge in [-0.1, -0.05) is 0 Å². The van der Waals surface area contributed by atoms with E-state index in [1.54, 1.807) is 27.7 Å². The number of non-ortho nitro benzene ring substituents is 2. The van der Waals surface area contributed by atoms with Gasteiger partial charge in [-0.05, 0) is 39.8 Å². The van der Waals surface area contributed by atoms with Gasteiger partial charge < -0.3 is 20.4 Å². The van der Waals surface area contributed by atoms with Gasteiger partial charge in [0.25, 0.3) is 11.4 Å². The van der Waals surface area contributed by atoms with Crippen LogP contribution >= 0.6 is 0 Å². The Morgan fingerprint density at radius 1 is 0.698 bits per heavy atom. The van der Waals surface area contributed by atoms with E-state index in [0.29, 0.717) is 24.5 Å². The summed E-state index contributed by atoms with van der Waals surface area (Å²) < 4.78 is 2.69. The van der Waals surface area contributed by atoms with Gasteiger partial charge in [-0.2, -0.15) is 10.2 Å². The monoisotopic (exact) mass is 641 g/mol. The van der Waals surface area contributed by atoms with E-state index in [4.69, 9.17) is 0 Å². The third-order valence-corrected chi connectivity index (χ3v) is 5.59. The zero-order valence-corrected chi connectivity index (χ0v) is 24.1. The average molecular weight is 641 g/mol. The third kappa shape index (κ3) is 7.86. The van der Waals surface area contributed by atoms with E-state index in [1.807, 2.05) is 0 Å². The number of azo groups is 2. The van der Waals surface area contributed by atoms with Crippen LogP contribution < -0.4 is 0 Å². The number of phenolic OH excluding ortho intramolecular Hbond substituents is 2.